The summed E-state index contributed by atoms with van der Waals surface area (Å²) in [5.74, 6) is 1.60. The molecule has 1 aromatic heterocycles. The summed E-state index contributed by atoms with van der Waals surface area (Å²) in [6, 6.07) is 25.0. The van der Waals surface area contributed by atoms with Crippen molar-refractivity contribution in [2.75, 3.05) is 40.4 Å². The Bertz CT molecular complexity index is 1250. The number of hydrogen-bond donors (Lipinski definition) is 0. The molecule has 3 aromatic carbocycles. The molecule has 0 amide bonds. The third kappa shape index (κ3) is 4.95. The first-order valence-corrected chi connectivity index (χ1v) is 13.2. The molecule has 1 saturated heterocycles. The zero-order valence-corrected chi connectivity index (χ0v) is 22.1. The lowest BCUT2D eigenvalue weighted by Crippen LogP contribution is -2.57. The predicted molar refractivity (Wildman–Crippen MR) is 149 cm³/mol. The number of nitrogens with zero attached hydrogens (tertiary/aromatic N) is 3. The van der Waals surface area contributed by atoms with E-state index in [2.05, 4.69) is 88.9 Å². The van der Waals surface area contributed by atoms with Crippen LogP contribution in [0.2, 0.25) is 0 Å². The molecule has 0 N–H and O–H groups in total. The molecule has 1 aliphatic rings. The van der Waals surface area contributed by atoms with E-state index in [0.717, 1.165) is 57.1 Å². The Labute approximate surface area is 215 Å². The van der Waals surface area contributed by atoms with Crippen molar-refractivity contribution in [1.82, 2.24) is 14.4 Å². The average molecular weight is 486 g/mol. The van der Waals surface area contributed by atoms with E-state index in [1.807, 2.05) is 6.07 Å². The summed E-state index contributed by atoms with van der Waals surface area (Å²) >= 11 is 0. The molecule has 0 radical (unpaired) electrons. The van der Waals surface area contributed by atoms with E-state index >= 15 is 0 Å². The van der Waals surface area contributed by atoms with Crippen LogP contribution in [0.15, 0.2) is 66.7 Å². The van der Waals surface area contributed by atoms with Crippen molar-refractivity contribution < 1.29 is 9.47 Å². The van der Waals surface area contributed by atoms with Crippen LogP contribution in [0.1, 0.15) is 25.8 Å². The van der Waals surface area contributed by atoms with E-state index in [0.29, 0.717) is 12.1 Å². The number of fused-ring (bicyclic) bond motifs is 3. The van der Waals surface area contributed by atoms with Gasteiger partial charge < -0.3 is 18.9 Å². The van der Waals surface area contributed by atoms with Crippen LogP contribution >= 0.6 is 0 Å². The molecule has 0 saturated carbocycles. The number of ether oxygens (including phenoxy) is 2. The maximum Gasteiger partial charge on any atom is 0.160 e. The minimum atomic E-state index is 0.544. The third-order valence-electron chi connectivity index (χ3n) is 7.82. The second-order valence-electron chi connectivity index (χ2n) is 10.2. The molecule has 1 aliphatic heterocycles. The summed E-state index contributed by atoms with van der Waals surface area (Å²) in [6.45, 7) is 10.3. The number of benzene rings is 3. The van der Waals surface area contributed by atoms with Crippen molar-refractivity contribution in [3.8, 4) is 11.5 Å². The van der Waals surface area contributed by atoms with Crippen molar-refractivity contribution in [2.45, 2.75) is 45.3 Å². The molecule has 0 bridgehead atoms. The first kappa shape index (κ1) is 24.7. The summed E-state index contributed by atoms with van der Waals surface area (Å²) in [4.78, 5) is 5.33. The lowest BCUT2D eigenvalue weighted by molar-refractivity contribution is 0.0389. The number of aryl methyl sites for hydroxylation is 1. The highest BCUT2D eigenvalue weighted by Gasteiger charge is 2.28. The van der Waals surface area contributed by atoms with Crippen molar-refractivity contribution in [3.05, 3.63) is 72.3 Å². The first-order valence-electron chi connectivity index (χ1n) is 13.2. The normalized spacial score (nSPS) is 19.2. The highest BCUT2D eigenvalue weighted by molar-refractivity contribution is 6.07. The van der Waals surface area contributed by atoms with Gasteiger partial charge in [-0.1, -0.05) is 42.5 Å². The van der Waals surface area contributed by atoms with Gasteiger partial charge in [0.2, 0.25) is 0 Å². The van der Waals surface area contributed by atoms with E-state index in [9.17, 15) is 0 Å². The number of methoxy groups -OCH3 is 2. The molecule has 5 heteroatoms. The summed E-state index contributed by atoms with van der Waals surface area (Å²) in [6.07, 6.45) is 2.18. The topological polar surface area (TPSA) is 29.9 Å². The van der Waals surface area contributed by atoms with Gasteiger partial charge in [0.25, 0.3) is 0 Å². The summed E-state index contributed by atoms with van der Waals surface area (Å²) in [7, 11) is 3.38. The van der Waals surface area contributed by atoms with Crippen LogP contribution in [0.3, 0.4) is 0 Å². The zero-order chi connectivity index (χ0) is 25.1. The summed E-state index contributed by atoms with van der Waals surface area (Å²) in [5.41, 5.74) is 3.99. The van der Waals surface area contributed by atoms with Crippen LogP contribution in [-0.4, -0.2) is 66.8 Å². The first-order chi connectivity index (χ1) is 17.6. The van der Waals surface area contributed by atoms with Gasteiger partial charge in [-0.25, -0.2) is 0 Å². The quantitative estimate of drug-likeness (QED) is 0.298. The highest BCUT2D eigenvalue weighted by Crippen LogP contribution is 2.30. The van der Waals surface area contributed by atoms with Gasteiger partial charge in [0.1, 0.15) is 0 Å². The van der Waals surface area contributed by atoms with E-state index < -0.39 is 0 Å². The molecule has 1 fully saturated rings. The minimum Gasteiger partial charge on any atom is -0.493 e. The van der Waals surface area contributed by atoms with E-state index in [-0.39, 0.29) is 0 Å². The van der Waals surface area contributed by atoms with Gasteiger partial charge in [-0.2, -0.15) is 0 Å². The molecule has 2 heterocycles. The molecule has 4 aromatic rings. The van der Waals surface area contributed by atoms with Crippen molar-refractivity contribution in [2.24, 2.45) is 0 Å². The van der Waals surface area contributed by atoms with Gasteiger partial charge >= 0.3 is 0 Å². The molecular formula is C31H39N3O2. The van der Waals surface area contributed by atoms with Crippen LogP contribution in [0.25, 0.3) is 21.8 Å². The van der Waals surface area contributed by atoms with Gasteiger partial charge in [0.05, 0.1) is 14.2 Å². The number of hydrogen-bond acceptors (Lipinski definition) is 4. The monoisotopic (exact) mass is 485 g/mol. The van der Waals surface area contributed by atoms with Crippen LogP contribution in [0, 0.1) is 0 Å². The lowest BCUT2D eigenvalue weighted by atomic mass is 10.0. The van der Waals surface area contributed by atoms with Crippen molar-refractivity contribution >= 4 is 21.8 Å². The number of para-hydroxylation sites is 2. The van der Waals surface area contributed by atoms with E-state index in [1.165, 1.54) is 27.4 Å². The van der Waals surface area contributed by atoms with E-state index in [4.69, 9.17) is 9.47 Å². The fourth-order valence-corrected chi connectivity index (χ4v) is 6.08. The fraction of sp³-hybridized carbons (Fsp3) is 0.419. The van der Waals surface area contributed by atoms with Gasteiger partial charge in [-0.15, -0.1) is 0 Å². The molecule has 0 spiro atoms. The van der Waals surface area contributed by atoms with Crippen LogP contribution in [0.5, 0.6) is 11.5 Å². The molecular weight excluding hydrogens is 446 g/mol. The number of aromatic nitrogens is 1. The molecule has 0 unspecified atom stereocenters. The van der Waals surface area contributed by atoms with Crippen LogP contribution in [0.4, 0.5) is 0 Å². The third-order valence-corrected chi connectivity index (χ3v) is 7.82. The minimum absolute atomic E-state index is 0.544. The Morgan fingerprint density at radius 3 is 1.94 bits per heavy atom. The van der Waals surface area contributed by atoms with Gasteiger partial charge in [0.15, 0.2) is 11.5 Å². The molecule has 2 atom stereocenters. The summed E-state index contributed by atoms with van der Waals surface area (Å²) < 4.78 is 13.4. The molecule has 36 heavy (non-hydrogen) atoms. The fourth-order valence-electron chi connectivity index (χ4n) is 6.08. The Balaban J connectivity index is 1.17. The van der Waals surface area contributed by atoms with Gasteiger partial charge in [-0.3, -0.25) is 4.90 Å². The summed E-state index contributed by atoms with van der Waals surface area (Å²) in [5, 5.41) is 2.72. The Morgan fingerprint density at radius 2 is 1.33 bits per heavy atom. The maximum absolute atomic E-state index is 5.49. The zero-order valence-electron chi connectivity index (χ0n) is 22.1. The average Bonchev–Trinajstić information content (AvgIpc) is 3.22. The molecule has 5 nitrogen and oxygen atoms in total. The van der Waals surface area contributed by atoms with Gasteiger partial charge in [0, 0.05) is 60.1 Å². The maximum atomic E-state index is 5.49. The largest absolute Gasteiger partial charge is 0.493 e. The lowest BCUT2D eigenvalue weighted by Gasteiger charge is -2.44. The number of piperazine rings is 1. The van der Waals surface area contributed by atoms with Crippen molar-refractivity contribution in [3.63, 3.8) is 0 Å². The Hall–Kier alpha value is -3.02. The second-order valence-corrected chi connectivity index (χ2v) is 10.2. The molecule has 5 rings (SSSR count). The second kappa shape index (κ2) is 10.9. The Morgan fingerprint density at radius 1 is 0.722 bits per heavy atom. The number of rotatable bonds is 9. The van der Waals surface area contributed by atoms with Crippen LogP contribution < -0.4 is 9.47 Å². The smallest absolute Gasteiger partial charge is 0.160 e. The Kier molecular flexibility index (Phi) is 7.49. The van der Waals surface area contributed by atoms with Crippen LogP contribution in [-0.2, 0) is 13.0 Å². The van der Waals surface area contributed by atoms with E-state index in [1.54, 1.807) is 14.2 Å². The molecule has 0 aliphatic carbocycles. The van der Waals surface area contributed by atoms with Crippen molar-refractivity contribution in [1.29, 1.82) is 0 Å². The standard InChI is InChI=1S/C31H39N3O2/c1-23-21-32(22-24(2)33(23)19-16-25-14-15-30(35-3)31(20-25)36-4)17-9-18-34-28-12-7-5-10-26(28)27-11-6-8-13-29(27)34/h5-8,10-15,20,23-24H,9,16-19,21-22H2,1-4H3/t23-,24+. The highest BCUT2D eigenvalue weighted by atomic mass is 16.5. The van der Waals surface area contributed by atoms with Gasteiger partial charge in [-0.05, 0) is 63.1 Å². The SMILES string of the molecule is COc1ccc(CCN2[C@H](C)CN(CCCn3c4ccccc4c4ccccc43)C[C@@H]2C)cc1OC. The predicted octanol–water partition coefficient (Wildman–Crippen LogP) is 5.84. The molecule has 190 valence electrons.